The minimum Gasteiger partial charge on any atom is -0.283 e. The zero-order chi connectivity index (χ0) is 10.9. The summed E-state index contributed by atoms with van der Waals surface area (Å²) in [6.07, 6.45) is 0. The summed E-state index contributed by atoms with van der Waals surface area (Å²) in [5.74, 6) is 0. The molecule has 0 aromatic heterocycles. The molecule has 0 radical (unpaired) electrons. The molecule has 0 aliphatic carbocycles. The molecule has 86 valence electrons. The average molecular weight is 253 g/mol. The molecule has 2 aromatic rings. The molecule has 2 aromatic carbocycles. The van der Waals surface area contributed by atoms with Crippen LogP contribution in [0.5, 0.6) is 0 Å². The molecule has 0 atom stereocenters. The van der Waals surface area contributed by atoms with Crippen LogP contribution in [0.25, 0.3) is 11.1 Å². The van der Waals surface area contributed by atoms with E-state index in [0.717, 1.165) is 0 Å². The van der Waals surface area contributed by atoms with E-state index in [0.29, 0.717) is 0 Å². The molecule has 0 saturated carbocycles. The third-order valence-electron chi connectivity index (χ3n) is 1.88. The first-order valence-corrected chi connectivity index (χ1v) is 4.94. The summed E-state index contributed by atoms with van der Waals surface area (Å²) in [6.45, 7) is 0. The molecule has 0 amide bonds. The molecule has 0 fully saturated rings. The van der Waals surface area contributed by atoms with Crippen LogP contribution < -0.4 is 0 Å². The Labute approximate surface area is 106 Å². The molecule has 0 heterocycles. The molecule has 0 unspecified atom stereocenters. The molecule has 0 N–H and O–H groups in total. The Morgan fingerprint density at radius 2 is 1.00 bits per heavy atom. The van der Waals surface area contributed by atoms with Crippen LogP contribution in [0.4, 0.5) is 0 Å². The molecule has 0 spiro atoms. The van der Waals surface area contributed by atoms with Crippen molar-refractivity contribution in [2.75, 3.05) is 7.11 Å². The van der Waals surface area contributed by atoms with Gasteiger partial charge in [-0.2, -0.15) is 0 Å². The van der Waals surface area contributed by atoms with Gasteiger partial charge in [0.1, 0.15) is 0 Å². The van der Waals surface area contributed by atoms with Crippen molar-refractivity contribution in [3.8, 4) is 11.1 Å². The van der Waals surface area contributed by atoms with Crippen LogP contribution in [0.3, 0.4) is 0 Å². The summed E-state index contributed by atoms with van der Waals surface area (Å²) >= 11 is 4.50. The maximum absolute atomic E-state index is 4.50. The largest absolute Gasteiger partial charge is 0.283 e. The van der Waals surface area contributed by atoms with Gasteiger partial charge in [-0.25, -0.2) is 0 Å². The van der Waals surface area contributed by atoms with Gasteiger partial charge in [-0.15, -0.1) is 0 Å². The lowest BCUT2D eigenvalue weighted by molar-refractivity contribution is 0.463. The second kappa shape index (κ2) is 9.16. The highest BCUT2D eigenvalue weighted by molar-refractivity contribution is 6.07. The van der Waals surface area contributed by atoms with E-state index in [-0.39, 0.29) is 11.0 Å². The molecule has 0 bridgehead atoms. The van der Waals surface area contributed by atoms with Crippen molar-refractivity contribution < 1.29 is 4.29 Å². The van der Waals surface area contributed by atoms with E-state index in [1.807, 2.05) is 12.1 Å². The number of rotatable bonds is 1. The average Bonchev–Trinajstić information content (AvgIpc) is 2.32. The maximum Gasteiger partial charge on any atom is 0.0606 e. The summed E-state index contributed by atoms with van der Waals surface area (Å²) in [5.41, 5.74) is 2.55. The molecule has 1 nitrogen and oxygen atoms in total. The molecule has 2 rings (SSSR count). The van der Waals surface area contributed by atoms with Gasteiger partial charge in [-0.05, 0) is 22.1 Å². The van der Waals surface area contributed by atoms with Crippen molar-refractivity contribution >= 4 is 22.8 Å². The van der Waals surface area contributed by atoms with E-state index in [1.165, 1.54) is 18.2 Å². The van der Waals surface area contributed by atoms with E-state index in [1.54, 1.807) is 0 Å². The molecule has 16 heavy (non-hydrogen) atoms. The van der Waals surface area contributed by atoms with Crippen molar-refractivity contribution in [2.24, 2.45) is 0 Å². The quantitative estimate of drug-likeness (QED) is 0.710. The van der Waals surface area contributed by atoms with Gasteiger partial charge in [-0.1, -0.05) is 60.7 Å². The Morgan fingerprint density at radius 3 is 1.25 bits per heavy atom. The highest BCUT2D eigenvalue weighted by Crippen LogP contribution is 2.17. The fourth-order valence-corrected chi connectivity index (χ4v) is 1.26. The summed E-state index contributed by atoms with van der Waals surface area (Å²) in [4.78, 5) is 0. The first-order chi connectivity index (χ1) is 7.38. The molecule has 3 heteroatoms. The van der Waals surface area contributed by atoms with E-state index in [2.05, 4.69) is 64.7 Å². The molecule has 0 aliphatic heterocycles. The molecule has 0 aliphatic rings. The SMILES string of the molecule is COCl.[SiH4].c1ccc(-c2ccccc2)cc1. The molecular formula is C13H17ClOSi. The van der Waals surface area contributed by atoms with Gasteiger partial charge < -0.3 is 0 Å². The van der Waals surface area contributed by atoms with Crippen molar-refractivity contribution in [2.45, 2.75) is 0 Å². The lowest BCUT2D eigenvalue weighted by atomic mass is 10.1. The van der Waals surface area contributed by atoms with Gasteiger partial charge in [0, 0.05) is 0 Å². The predicted molar refractivity (Wildman–Crippen MR) is 76.1 cm³/mol. The second-order valence-electron chi connectivity index (χ2n) is 2.89. The predicted octanol–water partition coefficient (Wildman–Crippen LogP) is 2.69. The monoisotopic (exact) mass is 252 g/mol. The molecular weight excluding hydrogens is 236 g/mol. The van der Waals surface area contributed by atoms with Crippen molar-refractivity contribution in [3.05, 3.63) is 60.7 Å². The topological polar surface area (TPSA) is 9.23 Å². The van der Waals surface area contributed by atoms with Crippen molar-refractivity contribution in [1.29, 1.82) is 0 Å². The highest BCUT2D eigenvalue weighted by atomic mass is 35.5. The van der Waals surface area contributed by atoms with Crippen molar-refractivity contribution in [1.82, 2.24) is 0 Å². The Balaban J connectivity index is 0.000000511. The van der Waals surface area contributed by atoms with Crippen LogP contribution in [0.2, 0.25) is 0 Å². The third kappa shape index (κ3) is 5.12. The number of benzene rings is 2. The standard InChI is InChI=1S/C12H10.CH3ClO.H4Si/c1-3-7-11(8-4-1)12-9-5-2-6-10-12;1-3-2;/h1-10H;1H3;1H4. The third-order valence-corrected chi connectivity index (χ3v) is 1.88. The second-order valence-corrected chi connectivity index (χ2v) is 3.19. The highest BCUT2D eigenvalue weighted by Gasteiger charge is 1.91. The maximum atomic E-state index is 4.50. The first-order valence-electron chi connectivity index (χ1n) is 4.63. The van der Waals surface area contributed by atoms with Crippen LogP contribution in [0, 0.1) is 0 Å². The van der Waals surface area contributed by atoms with Crippen LogP contribution in [0.15, 0.2) is 60.7 Å². The van der Waals surface area contributed by atoms with Gasteiger partial charge >= 0.3 is 0 Å². The lowest BCUT2D eigenvalue weighted by Gasteiger charge is -1.98. The van der Waals surface area contributed by atoms with Crippen LogP contribution in [-0.4, -0.2) is 18.1 Å². The number of halogens is 1. The van der Waals surface area contributed by atoms with Crippen molar-refractivity contribution in [3.63, 3.8) is 0 Å². The Kier molecular flexibility index (Phi) is 8.53. The van der Waals surface area contributed by atoms with Gasteiger partial charge in [-0.3, -0.25) is 4.29 Å². The van der Waals surface area contributed by atoms with Crippen LogP contribution in [0.1, 0.15) is 0 Å². The van der Waals surface area contributed by atoms with E-state index in [4.69, 9.17) is 0 Å². The fraction of sp³-hybridized carbons (Fsp3) is 0.0769. The fourth-order valence-electron chi connectivity index (χ4n) is 1.26. The minimum atomic E-state index is 0. The van der Waals surface area contributed by atoms with Gasteiger partial charge in [0.2, 0.25) is 0 Å². The van der Waals surface area contributed by atoms with E-state index < -0.39 is 0 Å². The normalized spacial score (nSPS) is 8.38. The summed E-state index contributed by atoms with van der Waals surface area (Å²) in [5, 5.41) is 0. The summed E-state index contributed by atoms with van der Waals surface area (Å²) in [7, 11) is 1.39. The number of hydrogen-bond acceptors (Lipinski definition) is 1. The van der Waals surface area contributed by atoms with E-state index in [9.17, 15) is 0 Å². The number of hydrogen-bond donors (Lipinski definition) is 0. The Morgan fingerprint density at radius 1 is 0.750 bits per heavy atom. The Hall–Kier alpha value is -1.09. The van der Waals surface area contributed by atoms with Crippen LogP contribution >= 0.6 is 11.9 Å². The molecule has 0 saturated heterocycles. The zero-order valence-corrected chi connectivity index (χ0v) is 9.32. The first kappa shape index (κ1) is 14.9. The van der Waals surface area contributed by atoms with Gasteiger partial charge in [0.25, 0.3) is 0 Å². The zero-order valence-electron chi connectivity index (χ0n) is 8.56. The van der Waals surface area contributed by atoms with Gasteiger partial charge in [0.15, 0.2) is 0 Å². The van der Waals surface area contributed by atoms with E-state index >= 15 is 0 Å². The smallest absolute Gasteiger partial charge is 0.0606 e. The Bertz CT molecular complexity index is 327. The van der Waals surface area contributed by atoms with Gasteiger partial charge in [0.05, 0.1) is 19.0 Å². The summed E-state index contributed by atoms with van der Waals surface area (Å²) in [6, 6.07) is 20.8. The van der Waals surface area contributed by atoms with Crippen LogP contribution in [-0.2, 0) is 4.29 Å². The minimum absolute atomic E-state index is 0. The summed E-state index contributed by atoms with van der Waals surface area (Å²) < 4.78 is 3.72. The lowest BCUT2D eigenvalue weighted by Crippen LogP contribution is -1.73.